The third-order valence-corrected chi connectivity index (χ3v) is 5.72. The number of hydrogen-bond donors (Lipinski definition) is 1. The van der Waals surface area contributed by atoms with E-state index in [1.807, 2.05) is 47.4 Å². The van der Waals surface area contributed by atoms with Crippen LogP contribution in [0.2, 0.25) is 5.15 Å². The third kappa shape index (κ3) is 5.26. The second kappa shape index (κ2) is 9.82. The van der Waals surface area contributed by atoms with Crippen LogP contribution in [0, 0.1) is 0 Å². The minimum atomic E-state index is -0.440. The van der Waals surface area contributed by atoms with Gasteiger partial charge in [0.2, 0.25) is 5.91 Å². The Morgan fingerprint density at radius 2 is 1.91 bits per heavy atom. The van der Waals surface area contributed by atoms with Gasteiger partial charge in [-0.15, -0.1) is 0 Å². The molecule has 2 aromatic heterocycles. The van der Waals surface area contributed by atoms with Gasteiger partial charge in [0.05, 0.1) is 12.1 Å². The molecule has 1 fully saturated rings. The molecule has 1 aliphatic rings. The van der Waals surface area contributed by atoms with E-state index in [9.17, 15) is 9.59 Å². The molecular formula is C23H24ClN5O3. The first kappa shape index (κ1) is 21.8. The van der Waals surface area contributed by atoms with Gasteiger partial charge in [-0.25, -0.2) is 14.8 Å². The van der Waals surface area contributed by atoms with E-state index in [4.69, 9.17) is 22.1 Å². The van der Waals surface area contributed by atoms with Gasteiger partial charge in [-0.05, 0) is 30.5 Å². The van der Waals surface area contributed by atoms with Crippen molar-refractivity contribution in [2.75, 3.05) is 24.5 Å². The number of hydrogen-bond acceptors (Lipinski definition) is 6. The number of rotatable bonds is 6. The number of benzene rings is 1. The lowest BCUT2D eigenvalue weighted by atomic mass is 10.0. The molecule has 3 aromatic rings. The monoisotopic (exact) mass is 453 g/mol. The Morgan fingerprint density at radius 1 is 1.16 bits per heavy atom. The molecule has 0 radical (unpaired) electrons. The van der Waals surface area contributed by atoms with E-state index >= 15 is 0 Å². The van der Waals surface area contributed by atoms with Crippen molar-refractivity contribution in [3.8, 4) is 0 Å². The topological polar surface area (TPSA) is 102 Å². The van der Waals surface area contributed by atoms with Gasteiger partial charge in [0.1, 0.15) is 17.6 Å². The smallest absolute Gasteiger partial charge is 0.410 e. The number of amides is 2. The molecule has 1 aromatic carbocycles. The first-order valence-corrected chi connectivity index (χ1v) is 10.8. The zero-order valence-corrected chi connectivity index (χ0v) is 18.2. The van der Waals surface area contributed by atoms with Gasteiger partial charge in [-0.1, -0.05) is 41.9 Å². The molecule has 0 spiro atoms. The largest absolute Gasteiger partial charge is 0.445 e. The van der Waals surface area contributed by atoms with E-state index in [2.05, 4.69) is 9.97 Å². The molecule has 0 atom stereocenters. The molecule has 2 amide bonds. The highest BCUT2D eigenvalue weighted by Gasteiger charge is 2.29. The second-order valence-electron chi connectivity index (χ2n) is 7.72. The fourth-order valence-electron chi connectivity index (χ4n) is 3.88. The number of likely N-dealkylation sites (tertiary alicyclic amines) is 1. The summed E-state index contributed by atoms with van der Waals surface area (Å²) in [6, 6.07) is 15.0. The summed E-state index contributed by atoms with van der Waals surface area (Å²) in [5.41, 5.74) is 7.16. The lowest BCUT2D eigenvalue weighted by Gasteiger charge is -2.38. The number of piperidine rings is 1. The van der Waals surface area contributed by atoms with Crippen LogP contribution in [0.1, 0.15) is 18.4 Å². The third-order valence-electron chi connectivity index (χ3n) is 5.51. The van der Waals surface area contributed by atoms with E-state index in [0.717, 1.165) is 10.9 Å². The summed E-state index contributed by atoms with van der Waals surface area (Å²) in [5.74, 6) is 0.202. The van der Waals surface area contributed by atoms with Crippen molar-refractivity contribution in [2.45, 2.75) is 25.5 Å². The van der Waals surface area contributed by atoms with Crippen molar-refractivity contribution in [2.24, 2.45) is 5.73 Å². The Bertz CT molecular complexity index is 1100. The van der Waals surface area contributed by atoms with Crippen LogP contribution in [0.4, 0.5) is 10.6 Å². The van der Waals surface area contributed by atoms with Gasteiger partial charge in [-0.2, -0.15) is 0 Å². The number of halogens is 1. The van der Waals surface area contributed by atoms with Crippen molar-refractivity contribution in [3.63, 3.8) is 0 Å². The Morgan fingerprint density at radius 3 is 2.62 bits per heavy atom. The van der Waals surface area contributed by atoms with Gasteiger partial charge < -0.3 is 20.3 Å². The Hall–Kier alpha value is -3.39. The van der Waals surface area contributed by atoms with Crippen LogP contribution in [0.15, 0.2) is 54.7 Å². The molecule has 32 heavy (non-hydrogen) atoms. The van der Waals surface area contributed by atoms with E-state index in [1.165, 1.54) is 0 Å². The number of carbonyl (C=O) groups is 2. The SMILES string of the molecule is NC(=O)CN(c1ccc2cnc(Cl)cc2n1)C1CCN(C(=O)OCc2ccccc2)CC1. The predicted molar refractivity (Wildman–Crippen MR) is 122 cm³/mol. The van der Waals surface area contributed by atoms with Crippen molar-refractivity contribution < 1.29 is 14.3 Å². The Kier molecular flexibility index (Phi) is 6.70. The standard InChI is InChI=1S/C23H24ClN5O3/c24-20-12-19-17(13-26-20)6-7-22(27-19)29(14-21(25)30)18-8-10-28(11-9-18)23(31)32-15-16-4-2-1-3-5-16/h1-7,12-13,18H,8-11,14-15H2,(H2,25,30). The van der Waals surface area contributed by atoms with Crippen LogP contribution < -0.4 is 10.6 Å². The minimum Gasteiger partial charge on any atom is -0.445 e. The van der Waals surface area contributed by atoms with Crippen molar-refractivity contribution in [3.05, 3.63) is 65.4 Å². The van der Waals surface area contributed by atoms with Crippen LogP contribution >= 0.6 is 11.6 Å². The number of fused-ring (bicyclic) bond motifs is 1. The highest BCUT2D eigenvalue weighted by molar-refractivity contribution is 6.30. The molecule has 1 saturated heterocycles. The molecule has 0 aliphatic carbocycles. The lowest BCUT2D eigenvalue weighted by molar-refractivity contribution is -0.116. The summed E-state index contributed by atoms with van der Waals surface area (Å²) in [7, 11) is 0. The number of ether oxygens (including phenoxy) is 1. The average Bonchev–Trinajstić information content (AvgIpc) is 2.81. The summed E-state index contributed by atoms with van der Waals surface area (Å²) >= 11 is 6.01. The highest BCUT2D eigenvalue weighted by Crippen LogP contribution is 2.25. The van der Waals surface area contributed by atoms with Gasteiger partial charge in [0.25, 0.3) is 0 Å². The van der Waals surface area contributed by atoms with E-state index in [0.29, 0.717) is 42.4 Å². The molecule has 9 heteroatoms. The molecule has 166 valence electrons. The summed E-state index contributed by atoms with van der Waals surface area (Å²) in [6.07, 6.45) is 2.67. The van der Waals surface area contributed by atoms with Gasteiger partial charge in [0, 0.05) is 36.8 Å². The molecule has 0 bridgehead atoms. The molecule has 8 nitrogen and oxygen atoms in total. The highest BCUT2D eigenvalue weighted by atomic mass is 35.5. The molecule has 0 saturated carbocycles. The second-order valence-corrected chi connectivity index (χ2v) is 8.11. The van der Waals surface area contributed by atoms with Crippen LogP contribution in [0.25, 0.3) is 10.9 Å². The Balaban J connectivity index is 1.42. The van der Waals surface area contributed by atoms with Crippen molar-refractivity contribution in [1.29, 1.82) is 0 Å². The number of nitrogens with zero attached hydrogens (tertiary/aromatic N) is 4. The van der Waals surface area contributed by atoms with Crippen LogP contribution in [-0.4, -0.2) is 52.5 Å². The molecular weight excluding hydrogens is 430 g/mol. The molecule has 4 rings (SSSR count). The average molecular weight is 454 g/mol. The Labute approximate surface area is 190 Å². The van der Waals surface area contributed by atoms with Gasteiger partial charge >= 0.3 is 6.09 Å². The summed E-state index contributed by atoms with van der Waals surface area (Å²) < 4.78 is 5.44. The number of carbonyl (C=O) groups excluding carboxylic acids is 2. The fourth-order valence-corrected chi connectivity index (χ4v) is 4.03. The molecule has 0 unspecified atom stereocenters. The van der Waals surface area contributed by atoms with Crippen molar-refractivity contribution >= 4 is 40.3 Å². The molecule has 1 aliphatic heterocycles. The first-order chi connectivity index (χ1) is 15.5. The lowest BCUT2D eigenvalue weighted by Crippen LogP contribution is -2.49. The maximum atomic E-state index is 12.5. The number of nitrogens with two attached hydrogens (primary N) is 1. The van der Waals surface area contributed by atoms with Crippen LogP contribution in [0.5, 0.6) is 0 Å². The van der Waals surface area contributed by atoms with Crippen LogP contribution in [-0.2, 0) is 16.1 Å². The van der Waals surface area contributed by atoms with E-state index < -0.39 is 5.91 Å². The number of pyridine rings is 2. The summed E-state index contributed by atoms with van der Waals surface area (Å²) in [5, 5.41) is 1.21. The maximum Gasteiger partial charge on any atom is 0.410 e. The van der Waals surface area contributed by atoms with E-state index in [1.54, 1.807) is 17.2 Å². The number of primary amides is 1. The van der Waals surface area contributed by atoms with Crippen LogP contribution in [0.3, 0.4) is 0 Å². The summed E-state index contributed by atoms with van der Waals surface area (Å²) in [4.78, 5) is 36.6. The van der Waals surface area contributed by atoms with E-state index in [-0.39, 0.29) is 25.3 Å². The quantitative estimate of drug-likeness (QED) is 0.574. The minimum absolute atomic E-state index is 0.0166. The zero-order valence-electron chi connectivity index (χ0n) is 17.5. The normalized spacial score (nSPS) is 14.3. The van der Waals surface area contributed by atoms with Gasteiger partial charge in [0.15, 0.2) is 0 Å². The number of anilines is 1. The van der Waals surface area contributed by atoms with Gasteiger partial charge in [-0.3, -0.25) is 4.79 Å². The number of aromatic nitrogens is 2. The zero-order chi connectivity index (χ0) is 22.5. The first-order valence-electron chi connectivity index (χ1n) is 10.4. The fraction of sp³-hybridized carbons (Fsp3) is 0.304. The summed E-state index contributed by atoms with van der Waals surface area (Å²) in [6.45, 7) is 1.33. The predicted octanol–water partition coefficient (Wildman–Crippen LogP) is 3.38. The maximum absolute atomic E-state index is 12.5. The molecule has 3 heterocycles. The van der Waals surface area contributed by atoms with Crippen molar-refractivity contribution in [1.82, 2.24) is 14.9 Å². The molecule has 2 N–H and O–H groups in total.